The number of benzene rings is 1. The molecule has 6 nitrogen and oxygen atoms in total. The van der Waals surface area contributed by atoms with Crippen LogP contribution in [0.4, 0.5) is 4.39 Å². The van der Waals surface area contributed by atoms with Gasteiger partial charge < -0.3 is 9.64 Å². The third-order valence-corrected chi connectivity index (χ3v) is 5.81. The molecule has 0 spiro atoms. The molecule has 2 aliphatic rings. The maximum atomic E-state index is 13.9. The van der Waals surface area contributed by atoms with Crippen molar-refractivity contribution in [2.75, 3.05) is 39.9 Å². The standard InChI is InChI=1S/C21H33FN4O2/c1-16-13-20(24-23-16)21(27)26(11-12-28-2)14-17-7-9-25(10-8-17)15-18-5-3-4-6-19(18)22/h3-6,16-17,20,23-24H,7-15H2,1-2H3. The van der Waals surface area contributed by atoms with E-state index in [0.29, 0.717) is 31.7 Å². The molecule has 2 aliphatic heterocycles. The van der Waals surface area contributed by atoms with Gasteiger partial charge >= 0.3 is 0 Å². The number of carbonyl (C=O) groups is 1. The molecule has 3 rings (SSSR count). The molecule has 156 valence electrons. The smallest absolute Gasteiger partial charge is 0.241 e. The van der Waals surface area contributed by atoms with E-state index < -0.39 is 0 Å². The number of hydrazine groups is 1. The summed E-state index contributed by atoms with van der Waals surface area (Å²) >= 11 is 0. The summed E-state index contributed by atoms with van der Waals surface area (Å²) in [5, 5.41) is 0. The molecule has 1 aromatic carbocycles. The Hall–Kier alpha value is -1.54. The Morgan fingerprint density at radius 3 is 2.68 bits per heavy atom. The zero-order valence-electron chi connectivity index (χ0n) is 17.0. The summed E-state index contributed by atoms with van der Waals surface area (Å²) < 4.78 is 19.1. The third kappa shape index (κ3) is 5.73. The summed E-state index contributed by atoms with van der Waals surface area (Å²) in [6.07, 6.45) is 2.86. The monoisotopic (exact) mass is 392 g/mol. The lowest BCUT2D eigenvalue weighted by molar-refractivity contribution is -0.134. The lowest BCUT2D eigenvalue weighted by Gasteiger charge is -2.35. The fourth-order valence-corrected chi connectivity index (χ4v) is 4.10. The number of carbonyl (C=O) groups excluding carboxylic acids is 1. The number of ether oxygens (including phenoxy) is 1. The summed E-state index contributed by atoms with van der Waals surface area (Å²) in [5.74, 6) is 0.500. The van der Waals surface area contributed by atoms with Crippen LogP contribution in [0.25, 0.3) is 0 Å². The molecule has 28 heavy (non-hydrogen) atoms. The van der Waals surface area contributed by atoms with Crippen LogP contribution in [0.2, 0.25) is 0 Å². The van der Waals surface area contributed by atoms with Crippen LogP contribution in [-0.2, 0) is 16.1 Å². The van der Waals surface area contributed by atoms with E-state index in [1.165, 1.54) is 6.07 Å². The number of amides is 1. The van der Waals surface area contributed by atoms with E-state index >= 15 is 0 Å². The topological polar surface area (TPSA) is 56.8 Å². The van der Waals surface area contributed by atoms with Crippen LogP contribution in [-0.4, -0.2) is 67.7 Å². The van der Waals surface area contributed by atoms with Gasteiger partial charge in [-0.2, -0.15) is 0 Å². The van der Waals surface area contributed by atoms with Gasteiger partial charge in [-0.3, -0.25) is 15.1 Å². The van der Waals surface area contributed by atoms with Crippen molar-refractivity contribution in [2.24, 2.45) is 5.92 Å². The zero-order valence-corrected chi connectivity index (χ0v) is 17.0. The second-order valence-electron chi connectivity index (χ2n) is 8.07. The van der Waals surface area contributed by atoms with Gasteiger partial charge in [0, 0.05) is 38.3 Å². The van der Waals surface area contributed by atoms with Crippen LogP contribution in [0.1, 0.15) is 31.7 Å². The molecule has 7 heteroatoms. The predicted molar refractivity (Wildman–Crippen MR) is 107 cm³/mol. The Labute approximate surface area is 167 Å². The molecule has 0 aromatic heterocycles. The molecule has 2 saturated heterocycles. The summed E-state index contributed by atoms with van der Waals surface area (Å²) in [4.78, 5) is 17.2. The van der Waals surface area contributed by atoms with Gasteiger partial charge in [0.05, 0.1) is 6.61 Å². The Kier molecular flexibility index (Phi) is 7.79. The van der Waals surface area contributed by atoms with E-state index in [-0.39, 0.29) is 17.8 Å². The molecule has 0 saturated carbocycles. The van der Waals surface area contributed by atoms with Crippen molar-refractivity contribution in [2.45, 2.75) is 44.8 Å². The van der Waals surface area contributed by atoms with Crippen molar-refractivity contribution in [1.29, 1.82) is 0 Å². The van der Waals surface area contributed by atoms with E-state index in [2.05, 4.69) is 22.7 Å². The van der Waals surface area contributed by atoms with Crippen LogP contribution in [0.3, 0.4) is 0 Å². The van der Waals surface area contributed by atoms with Crippen LogP contribution >= 0.6 is 0 Å². The van der Waals surface area contributed by atoms with Gasteiger partial charge in [-0.25, -0.2) is 9.82 Å². The summed E-state index contributed by atoms with van der Waals surface area (Å²) in [6, 6.07) is 7.14. The molecule has 1 amide bonds. The van der Waals surface area contributed by atoms with E-state index in [1.807, 2.05) is 17.0 Å². The molecular weight excluding hydrogens is 359 g/mol. The molecule has 2 N–H and O–H groups in total. The Morgan fingerprint density at radius 1 is 1.29 bits per heavy atom. The molecule has 2 heterocycles. The number of piperidine rings is 1. The van der Waals surface area contributed by atoms with E-state index in [0.717, 1.165) is 44.5 Å². The van der Waals surface area contributed by atoms with E-state index in [4.69, 9.17) is 4.74 Å². The highest BCUT2D eigenvalue weighted by molar-refractivity contribution is 5.82. The number of nitrogens with one attached hydrogen (secondary N) is 2. The molecule has 2 fully saturated rings. The zero-order chi connectivity index (χ0) is 19.9. The van der Waals surface area contributed by atoms with E-state index in [1.54, 1.807) is 13.2 Å². The van der Waals surface area contributed by atoms with Crippen LogP contribution in [0.5, 0.6) is 0 Å². The van der Waals surface area contributed by atoms with Crippen molar-refractivity contribution in [1.82, 2.24) is 20.7 Å². The molecule has 0 radical (unpaired) electrons. The first-order valence-electron chi connectivity index (χ1n) is 10.3. The maximum absolute atomic E-state index is 13.9. The van der Waals surface area contributed by atoms with Crippen molar-refractivity contribution < 1.29 is 13.9 Å². The minimum absolute atomic E-state index is 0.132. The Bertz CT molecular complexity index is 637. The van der Waals surface area contributed by atoms with Gasteiger partial charge in [-0.15, -0.1) is 0 Å². The fraction of sp³-hybridized carbons (Fsp3) is 0.667. The predicted octanol–water partition coefficient (Wildman–Crippen LogP) is 1.77. The van der Waals surface area contributed by atoms with Gasteiger partial charge in [0.1, 0.15) is 11.9 Å². The minimum atomic E-state index is -0.159. The highest BCUT2D eigenvalue weighted by atomic mass is 19.1. The first-order chi connectivity index (χ1) is 13.6. The summed E-state index contributed by atoms with van der Waals surface area (Å²) in [6.45, 7) is 6.54. The van der Waals surface area contributed by atoms with Crippen LogP contribution in [0.15, 0.2) is 24.3 Å². The van der Waals surface area contributed by atoms with Gasteiger partial charge in [-0.1, -0.05) is 18.2 Å². The maximum Gasteiger partial charge on any atom is 0.241 e. The van der Waals surface area contributed by atoms with Crippen molar-refractivity contribution >= 4 is 5.91 Å². The first-order valence-corrected chi connectivity index (χ1v) is 10.3. The van der Waals surface area contributed by atoms with Gasteiger partial charge in [0.2, 0.25) is 5.91 Å². The Balaban J connectivity index is 1.50. The SMILES string of the molecule is COCCN(CC1CCN(Cc2ccccc2F)CC1)C(=O)C1CC(C)NN1. The lowest BCUT2D eigenvalue weighted by Crippen LogP contribution is -2.49. The quantitative estimate of drug-likeness (QED) is 0.706. The molecule has 0 bridgehead atoms. The van der Waals surface area contributed by atoms with Gasteiger partial charge in [-0.05, 0) is 51.3 Å². The number of rotatable bonds is 8. The van der Waals surface area contributed by atoms with Crippen LogP contribution < -0.4 is 10.9 Å². The average molecular weight is 393 g/mol. The average Bonchev–Trinajstić information content (AvgIpc) is 3.14. The first kappa shape index (κ1) is 21.2. The van der Waals surface area contributed by atoms with Crippen molar-refractivity contribution in [3.63, 3.8) is 0 Å². The molecule has 2 unspecified atom stereocenters. The van der Waals surface area contributed by atoms with Gasteiger partial charge in [0.25, 0.3) is 0 Å². The van der Waals surface area contributed by atoms with Crippen molar-refractivity contribution in [3.05, 3.63) is 35.6 Å². The molecule has 2 atom stereocenters. The number of methoxy groups -OCH3 is 1. The van der Waals surface area contributed by atoms with Gasteiger partial charge in [0.15, 0.2) is 0 Å². The normalized spacial score (nSPS) is 23.8. The highest BCUT2D eigenvalue weighted by Crippen LogP contribution is 2.22. The summed E-state index contributed by atoms with van der Waals surface area (Å²) in [5.41, 5.74) is 7.00. The minimum Gasteiger partial charge on any atom is -0.383 e. The second kappa shape index (κ2) is 10.3. The highest BCUT2D eigenvalue weighted by Gasteiger charge is 2.32. The third-order valence-electron chi connectivity index (χ3n) is 5.81. The van der Waals surface area contributed by atoms with Crippen molar-refractivity contribution in [3.8, 4) is 0 Å². The Morgan fingerprint density at radius 2 is 2.04 bits per heavy atom. The largest absolute Gasteiger partial charge is 0.383 e. The molecule has 1 aromatic rings. The number of nitrogens with zero attached hydrogens (tertiary/aromatic N) is 2. The number of hydrogen-bond donors (Lipinski definition) is 2. The second-order valence-corrected chi connectivity index (χ2v) is 8.07. The number of hydrogen-bond acceptors (Lipinski definition) is 5. The van der Waals surface area contributed by atoms with E-state index in [9.17, 15) is 9.18 Å². The number of likely N-dealkylation sites (tertiary alicyclic amines) is 1. The fourth-order valence-electron chi connectivity index (χ4n) is 4.10. The molecular formula is C21H33FN4O2. The van der Waals surface area contributed by atoms with Crippen LogP contribution in [0, 0.1) is 11.7 Å². The molecule has 0 aliphatic carbocycles. The lowest BCUT2D eigenvalue weighted by atomic mass is 9.95. The number of halogens is 1. The summed E-state index contributed by atoms with van der Waals surface area (Å²) in [7, 11) is 1.67.